The molecule has 1 aromatic rings. The van der Waals surface area contributed by atoms with Crippen LogP contribution in [0, 0.1) is 23.7 Å². The summed E-state index contributed by atoms with van der Waals surface area (Å²) in [6.45, 7) is 8.65. The van der Waals surface area contributed by atoms with E-state index in [1.165, 1.54) is 95.7 Å². The van der Waals surface area contributed by atoms with Gasteiger partial charge in [0.05, 0.1) is 106 Å². The van der Waals surface area contributed by atoms with Gasteiger partial charge in [-0.05, 0) is 62.3 Å². The third-order valence-electron chi connectivity index (χ3n) is 15.0. The number of likely N-dealkylation sites (N-methyl/N-ethyl adjacent to an activating group) is 1. The molecule has 2 aliphatic carbocycles. The predicted molar refractivity (Wildman–Crippen MR) is 321 cm³/mol. The van der Waals surface area contributed by atoms with E-state index in [4.69, 9.17) is 66.4 Å². The number of anilines is 1. The highest BCUT2D eigenvalue weighted by Gasteiger charge is 2.57. The summed E-state index contributed by atoms with van der Waals surface area (Å²) in [7, 11) is 12.5. The van der Waals surface area contributed by atoms with Gasteiger partial charge in [-0.3, -0.25) is 19.7 Å². The fraction of sp³-hybridized carbons (Fsp3) is 0.614. The smallest absolute Gasteiger partial charge is 0.411 e. The molecule has 8 N–H and O–H groups in total. The number of hydrogen-bond acceptors (Lipinski definition) is 28. The van der Waals surface area contributed by atoms with Crippen molar-refractivity contribution in [1.82, 2.24) is 16.1 Å². The van der Waals surface area contributed by atoms with Crippen molar-refractivity contribution in [3.8, 4) is 35.2 Å². The lowest BCUT2D eigenvalue weighted by Gasteiger charge is -2.47. The van der Waals surface area contributed by atoms with Crippen LogP contribution in [-0.4, -0.2) is 227 Å². The average molecular weight is 1300 g/mol. The van der Waals surface area contributed by atoms with Crippen LogP contribution < -0.4 is 30.9 Å². The van der Waals surface area contributed by atoms with Crippen LogP contribution >= 0.6 is 43.2 Å². The van der Waals surface area contributed by atoms with Crippen molar-refractivity contribution in [1.29, 1.82) is 0 Å². The Hall–Kier alpha value is -4.62. The maximum absolute atomic E-state index is 15.5. The van der Waals surface area contributed by atoms with E-state index < -0.39 is 134 Å². The Labute approximate surface area is 520 Å². The number of ether oxygens (including phenoxy) is 13. The second kappa shape index (κ2) is 32.4. The van der Waals surface area contributed by atoms with Gasteiger partial charge < -0.3 is 92.6 Å². The first-order chi connectivity index (χ1) is 41.7. The zero-order valence-electron chi connectivity index (χ0n) is 49.8. The summed E-state index contributed by atoms with van der Waals surface area (Å²) in [6.07, 6.45) is -11.6. The van der Waals surface area contributed by atoms with E-state index >= 15 is 4.79 Å². The first-order valence-electron chi connectivity index (χ1n) is 27.5. The zero-order chi connectivity index (χ0) is 63.3. The Morgan fingerprint density at radius 3 is 2.22 bits per heavy atom. The lowest BCUT2D eigenvalue weighted by Crippen LogP contribution is -2.65. The first-order valence-corrected chi connectivity index (χ1v) is 32.9. The van der Waals surface area contributed by atoms with Gasteiger partial charge >= 0.3 is 12.1 Å². The molecule has 7 rings (SSSR count). The van der Waals surface area contributed by atoms with E-state index in [1.54, 1.807) is 27.2 Å². The number of Topliss-reactive ketones (excluding diaryl/α,β-unsaturated/α-hetero) is 1. The molecule has 480 valence electrons. The van der Waals surface area contributed by atoms with Crippen LogP contribution in [0.3, 0.4) is 0 Å². The summed E-state index contributed by atoms with van der Waals surface area (Å²) in [6, 6.07) is 1.34. The third-order valence-corrected chi connectivity index (χ3v) is 20.0. The van der Waals surface area contributed by atoms with Crippen molar-refractivity contribution in [3.05, 3.63) is 65.1 Å². The fourth-order valence-electron chi connectivity index (χ4n) is 10.5. The van der Waals surface area contributed by atoms with Gasteiger partial charge in [0.15, 0.2) is 60.2 Å². The molecule has 4 heterocycles. The number of thioether (sulfide) groups is 1. The molecule has 4 saturated heterocycles. The molecule has 1 aromatic carbocycles. The van der Waals surface area contributed by atoms with Gasteiger partial charge in [0.1, 0.15) is 18.3 Å². The number of methoxy groups -OCH3 is 5. The summed E-state index contributed by atoms with van der Waals surface area (Å²) in [4.78, 5) is 61.9. The molecule has 87 heavy (non-hydrogen) atoms. The van der Waals surface area contributed by atoms with Crippen LogP contribution in [0.5, 0.6) is 11.5 Å². The molecule has 30 heteroatoms. The van der Waals surface area contributed by atoms with Crippen LogP contribution in [0.25, 0.3) is 0 Å². The van der Waals surface area contributed by atoms with E-state index in [0.717, 1.165) is 7.11 Å². The minimum absolute atomic E-state index is 0.0771. The topological polar surface area (TPSA) is 327 Å². The molecular formula is C57H76N4O22S4. The molecule has 0 saturated carbocycles. The fourth-order valence-corrected chi connectivity index (χ4v) is 13.8. The van der Waals surface area contributed by atoms with Gasteiger partial charge in [-0.25, -0.2) is 9.59 Å². The average Bonchev–Trinajstić information content (AvgIpc) is 0.873. The number of carbonyl (C=O) groups excluding carboxylic acids is 4. The minimum Gasteiger partial charge on any atom is -0.493 e. The van der Waals surface area contributed by atoms with Crippen molar-refractivity contribution in [2.45, 2.75) is 155 Å². The number of benzene rings is 1. The van der Waals surface area contributed by atoms with E-state index in [1.807, 2.05) is 19.4 Å². The third kappa shape index (κ3) is 16.7. The van der Waals surface area contributed by atoms with E-state index in [9.17, 15) is 34.8 Å². The molecular weight excluding hydrogens is 1220 g/mol. The monoisotopic (exact) mass is 1300 g/mol. The van der Waals surface area contributed by atoms with Gasteiger partial charge in [0.25, 0.3) is 5.91 Å². The molecule has 4 aliphatic heterocycles. The molecule has 4 fully saturated rings. The van der Waals surface area contributed by atoms with E-state index in [2.05, 4.69) is 51.7 Å². The number of nitrogens with one attached hydrogen (secondary N) is 4. The molecule has 0 radical (unpaired) electrons. The van der Waals surface area contributed by atoms with Crippen molar-refractivity contribution in [2.75, 3.05) is 72.8 Å². The molecule has 2 amide bonds. The number of esters is 1. The Balaban J connectivity index is 1.23. The zero-order valence-corrected chi connectivity index (χ0v) is 53.1. The SMILES string of the molecule is C=C(OC)C(=O)Nc1cc(OC)c(OC)cc1C(=O)OC1C(O)CC(OC2C(=O)C(NC(=O)OC)=C3C(=CCSSSC)C2(O)C#CC=CC#CC3OC2OC(C)C(NOC3CC(O)C(SC)C(C)O3)C(O)C2OC2CC(OC)C(NC)CO2)OC1C. The largest absolute Gasteiger partial charge is 0.493 e. The molecule has 2 bridgehead atoms. The quantitative estimate of drug-likeness (QED) is 0.0140. The van der Waals surface area contributed by atoms with Gasteiger partial charge in [0.2, 0.25) is 5.78 Å². The second-order valence-electron chi connectivity index (χ2n) is 20.4. The molecule has 0 spiro atoms. The number of allylic oxidation sites excluding steroid dienone is 2. The Kier molecular flexibility index (Phi) is 26.0. The normalized spacial score (nSPS) is 34.5. The van der Waals surface area contributed by atoms with Crippen LogP contribution in [0.1, 0.15) is 50.4 Å². The number of rotatable bonds is 24. The number of ketones is 1. The van der Waals surface area contributed by atoms with Crippen LogP contribution in [0.2, 0.25) is 0 Å². The summed E-state index contributed by atoms with van der Waals surface area (Å²) in [5.41, 5.74) is -0.858. The number of aliphatic hydroxyl groups excluding tert-OH is 3. The van der Waals surface area contributed by atoms with Crippen molar-refractivity contribution in [3.63, 3.8) is 0 Å². The van der Waals surface area contributed by atoms with Crippen molar-refractivity contribution in [2.24, 2.45) is 0 Å². The van der Waals surface area contributed by atoms with Crippen LogP contribution in [0.4, 0.5) is 10.5 Å². The van der Waals surface area contributed by atoms with E-state index in [0.29, 0.717) is 0 Å². The highest BCUT2D eigenvalue weighted by atomic mass is 33.5. The Morgan fingerprint density at radius 2 is 1.56 bits per heavy atom. The van der Waals surface area contributed by atoms with Gasteiger partial charge in [-0.2, -0.15) is 17.2 Å². The maximum atomic E-state index is 15.5. The molecule has 6 aliphatic rings. The Morgan fingerprint density at radius 1 is 0.851 bits per heavy atom. The summed E-state index contributed by atoms with van der Waals surface area (Å²) < 4.78 is 77.4. The summed E-state index contributed by atoms with van der Waals surface area (Å²) >= 11 is 1.47. The Bertz CT molecular complexity index is 2820. The number of carbonyl (C=O) groups is 4. The number of fused-ring (bicyclic) bond motifs is 2. The van der Waals surface area contributed by atoms with Gasteiger partial charge in [-0.1, -0.05) is 57.9 Å². The number of hydrogen-bond donors (Lipinski definition) is 8. The number of alkyl carbamates (subject to hydrolysis) is 1. The second-order valence-corrected chi connectivity index (χ2v) is 25.8. The number of aliphatic hydroxyl groups is 4. The molecule has 19 atom stereocenters. The van der Waals surface area contributed by atoms with Crippen molar-refractivity contribution >= 4 is 72.6 Å². The van der Waals surface area contributed by atoms with Crippen molar-refractivity contribution < 1.29 is 106 Å². The minimum atomic E-state index is -2.63. The summed E-state index contributed by atoms with van der Waals surface area (Å²) in [5, 5.41) is 56.5. The first kappa shape index (κ1) is 69.8. The predicted octanol–water partition coefficient (Wildman–Crippen LogP) is 2.64. The highest BCUT2D eigenvalue weighted by Crippen LogP contribution is 2.44. The highest BCUT2D eigenvalue weighted by molar-refractivity contribution is 9.09. The molecule has 0 aromatic heterocycles. The number of hydroxylamine groups is 1. The maximum Gasteiger partial charge on any atom is 0.411 e. The molecule has 26 nitrogen and oxygen atoms in total. The lowest BCUT2D eigenvalue weighted by atomic mass is 9.73. The van der Waals surface area contributed by atoms with Gasteiger partial charge in [0, 0.05) is 55.4 Å². The van der Waals surface area contributed by atoms with Gasteiger partial charge in [-0.15, -0.1) is 0 Å². The van der Waals surface area contributed by atoms with E-state index in [-0.39, 0.29) is 82.3 Å². The van der Waals surface area contributed by atoms with Crippen LogP contribution in [0.15, 0.2) is 59.5 Å². The standard InChI is InChI=1S/C57H76N4O22S4/c1-27-45(61-83-43-24-36(63)51(84-11)29(3)77-43)47(64)50(80-41-25-38(71-7)34(58-5)26-75-41)55(78-27)79-37-17-15-13-14-16-19-57(69)32(18-20-86-87-85-12)44(37)46(60-56(68)74-10)48(65)52(57)81-42-23-35(62)49(28(2)76-42)82-54(67)31-21-39(72-8)40(73-9)22-33(31)59-53(66)30(4)70-6/h13-14,18,21-22,27-29,34-38,41-43,45,47,49-52,55,58,61-64,69H,4,20,23-26H2,1-3,5-12H3,(H,59,66)(H,60,68). The number of amides is 2. The summed E-state index contributed by atoms with van der Waals surface area (Å²) in [5.74, 6) is 8.68. The lowest BCUT2D eigenvalue weighted by molar-refractivity contribution is -0.336. The van der Waals surface area contributed by atoms with Crippen LogP contribution in [-0.2, 0) is 66.5 Å². The molecule has 19 unspecified atom stereocenters.